The number of hydrazone groups is 1. The lowest BCUT2D eigenvalue weighted by molar-refractivity contribution is -0.170. The summed E-state index contributed by atoms with van der Waals surface area (Å²) in [6.07, 6.45) is 8.22. The first-order chi connectivity index (χ1) is 13.2. The molecular formula is C22H29ClN2O3. The van der Waals surface area contributed by atoms with Crippen molar-refractivity contribution in [1.82, 2.24) is 5.43 Å². The zero-order chi connectivity index (χ0) is 20.2. The third kappa shape index (κ3) is 3.38. The minimum absolute atomic E-state index is 0.0419. The molecule has 2 atom stereocenters. The van der Waals surface area contributed by atoms with Gasteiger partial charge in [-0.1, -0.05) is 25.4 Å². The summed E-state index contributed by atoms with van der Waals surface area (Å²) in [5.74, 6) is 0.926. The summed E-state index contributed by atoms with van der Waals surface area (Å²) in [5.41, 5.74) is 3.73. The standard InChI is InChI=1S/C22H29ClN2O3/c1-4-28-17-6-14(5-16(23)18(17)26)10-24-25-19(27)22-9-15-7-20(2,12-22)11-21(3,8-15)13-22/h5-6,10,15,26H,4,7-9,11-13H2,1-3H3,(H,25,27)/b24-10+. The van der Waals surface area contributed by atoms with Crippen molar-refractivity contribution < 1.29 is 14.6 Å². The van der Waals surface area contributed by atoms with Gasteiger partial charge in [0, 0.05) is 0 Å². The Hall–Kier alpha value is -1.75. The van der Waals surface area contributed by atoms with Crippen molar-refractivity contribution in [3.63, 3.8) is 0 Å². The summed E-state index contributed by atoms with van der Waals surface area (Å²) in [7, 11) is 0. The number of aromatic hydroxyl groups is 1. The first-order valence-electron chi connectivity index (χ1n) is 10.1. The maximum Gasteiger partial charge on any atom is 0.246 e. The van der Waals surface area contributed by atoms with Crippen LogP contribution in [0.1, 0.15) is 64.9 Å². The molecule has 6 heteroatoms. The van der Waals surface area contributed by atoms with Gasteiger partial charge in [-0.05, 0) is 79.9 Å². The Balaban J connectivity index is 1.49. The third-order valence-corrected chi connectivity index (χ3v) is 7.13. The third-order valence-electron chi connectivity index (χ3n) is 6.84. The van der Waals surface area contributed by atoms with Gasteiger partial charge >= 0.3 is 0 Å². The molecule has 0 heterocycles. The van der Waals surface area contributed by atoms with E-state index in [2.05, 4.69) is 24.4 Å². The Labute approximate surface area is 171 Å². The first-order valence-corrected chi connectivity index (χ1v) is 10.5. The van der Waals surface area contributed by atoms with Crippen LogP contribution in [0.3, 0.4) is 0 Å². The van der Waals surface area contributed by atoms with Crippen LogP contribution in [0.15, 0.2) is 17.2 Å². The smallest absolute Gasteiger partial charge is 0.246 e. The lowest BCUT2D eigenvalue weighted by atomic mass is 9.40. The minimum atomic E-state index is -0.288. The van der Waals surface area contributed by atoms with Crippen LogP contribution < -0.4 is 10.2 Å². The van der Waals surface area contributed by atoms with Gasteiger partial charge in [-0.15, -0.1) is 0 Å². The van der Waals surface area contributed by atoms with Gasteiger partial charge in [-0.25, -0.2) is 5.43 Å². The molecule has 5 rings (SSSR count). The number of carbonyl (C=O) groups is 1. The van der Waals surface area contributed by atoms with Crippen molar-refractivity contribution in [3.8, 4) is 11.5 Å². The fourth-order valence-electron chi connectivity index (χ4n) is 6.92. The van der Waals surface area contributed by atoms with Gasteiger partial charge in [0.05, 0.1) is 23.3 Å². The van der Waals surface area contributed by atoms with E-state index in [1.165, 1.54) is 19.3 Å². The molecule has 4 aliphatic carbocycles. The molecule has 0 aromatic heterocycles. The van der Waals surface area contributed by atoms with Crippen LogP contribution in [-0.4, -0.2) is 23.8 Å². The molecule has 152 valence electrons. The van der Waals surface area contributed by atoms with E-state index in [9.17, 15) is 9.90 Å². The Morgan fingerprint density at radius 3 is 2.57 bits per heavy atom. The van der Waals surface area contributed by atoms with Crippen molar-refractivity contribution in [2.24, 2.45) is 27.3 Å². The highest BCUT2D eigenvalue weighted by atomic mass is 35.5. The predicted octanol–water partition coefficient (Wildman–Crippen LogP) is 4.89. The molecule has 4 saturated carbocycles. The number of phenolic OH excluding ortho intramolecular Hbond substituents is 1. The predicted molar refractivity (Wildman–Crippen MR) is 110 cm³/mol. The normalized spacial score (nSPS) is 36.1. The number of nitrogens with zero attached hydrogens (tertiary/aromatic N) is 1. The molecule has 1 amide bonds. The lowest BCUT2D eigenvalue weighted by Crippen LogP contribution is -2.59. The van der Waals surface area contributed by atoms with Gasteiger partial charge in [0.15, 0.2) is 11.5 Å². The van der Waals surface area contributed by atoms with E-state index < -0.39 is 0 Å². The Kier molecular flexibility index (Phi) is 4.65. The number of phenols is 1. The first kappa shape index (κ1) is 19.6. The Bertz CT molecular complexity index is 819. The highest BCUT2D eigenvalue weighted by Crippen LogP contribution is 2.69. The molecule has 4 fully saturated rings. The highest BCUT2D eigenvalue weighted by Gasteiger charge is 2.62. The van der Waals surface area contributed by atoms with Crippen molar-refractivity contribution in [2.45, 2.75) is 59.3 Å². The molecule has 4 aliphatic rings. The van der Waals surface area contributed by atoms with E-state index >= 15 is 0 Å². The zero-order valence-corrected chi connectivity index (χ0v) is 17.6. The molecule has 0 spiro atoms. The SMILES string of the molecule is CCOc1cc(/C=N/NC(=O)C23CC4CC(C)(CC(C)(C4)C2)C3)cc(Cl)c1O. The number of rotatable bonds is 5. The maximum atomic E-state index is 13.1. The second kappa shape index (κ2) is 6.65. The van der Waals surface area contributed by atoms with Gasteiger partial charge < -0.3 is 9.84 Å². The fraction of sp³-hybridized carbons (Fsp3) is 0.636. The van der Waals surface area contributed by atoms with Crippen LogP contribution in [0.2, 0.25) is 5.02 Å². The molecular weight excluding hydrogens is 376 g/mol. The summed E-state index contributed by atoms with van der Waals surface area (Å²) in [6, 6.07) is 3.26. The average molecular weight is 405 g/mol. The van der Waals surface area contributed by atoms with E-state index in [1.807, 2.05) is 6.92 Å². The van der Waals surface area contributed by atoms with E-state index in [0.29, 0.717) is 23.8 Å². The molecule has 0 saturated heterocycles. The van der Waals surface area contributed by atoms with E-state index in [-0.39, 0.29) is 32.9 Å². The fourth-order valence-corrected chi connectivity index (χ4v) is 7.14. The van der Waals surface area contributed by atoms with E-state index in [4.69, 9.17) is 16.3 Å². The summed E-state index contributed by atoms with van der Waals surface area (Å²) in [4.78, 5) is 13.1. The van der Waals surface area contributed by atoms with Gasteiger partial charge in [0.25, 0.3) is 0 Å². The maximum absolute atomic E-state index is 13.1. The Morgan fingerprint density at radius 1 is 1.29 bits per heavy atom. The second-order valence-electron chi connectivity index (χ2n) is 9.89. The molecule has 1 aromatic rings. The van der Waals surface area contributed by atoms with Gasteiger partial charge in [0.2, 0.25) is 5.91 Å². The highest BCUT2D eigenvalue weighted by molar-refractivity contribution is 6.32. The van der Waals surface area contributed by atoms with Crippen molar-refractivity contribution in [1.29, 1.82) is 0 Å². The molecule has 0 radical (unpaired) electrons. The summed E-state index contributed by atoms with van der Waals surface area (Å²) < 4.78 is 5.39. The zero-order valence-electron chi connectivity index (χ0n) is 16.8. The summed E-state index contributed by atoms with van der Waals surface area (Å²) in [6.45, 7) is 6.96. The van der Waals surface area contributed by atoms with Crippen LogP contribution in [0.4, 0.5) is 0 Å². The molecule has 5 nitrogen and oxygen atoms in total. The number of hydrogen-bond donors (Lipinski definition) is 2. The van der Waals surface area contributed by atoms with Crippen molar-refractivity contribution in [3.05, 3.63) is 22.7 Å². The van der Waals surface area contributed by atoms with Crippen molar-refractivity contribution >= 4 is 23.7 Å². The number of hydrogen-bond acceptors (Lipinski definition) is 4. The molecule has 0 aliphatic heterocycles. The van der Waals surface area contributed by atoms with Crippen LogP contribution in [0.5, 0.6) is 11.5 Å². The Morgan fingerprint density at radius 2 is 1.96 bits per heavy atom. The second-order valence-corrected chi connectivity index (χ2v) is 10.3. The van der Waals surface area contributed by atoms with Crippen LogP contribution in [0, 0.1) is 22.2 Å². The average Bonchev–Trinajstić information content (AvgIpc) is 2.56. The quantitative estimate of drug-likeness (QED) is 0.542. The molecule has 28 heavy (non-hydrogen) atoms. The van der Waals surface area contributed by atoms with Gasteiger partial charge in [0.1, 0.15) is 0 Å². The number of ether oxygens (including phenoxy) is 1. The number of benzene rings is 1. The number of carbonyl (C=O) groups excluding carboxylic acids is 1. The van der Waals surface area contributed by atoms with Crippen LogP contribution in [-0.2, 0) is 4.79 Å². The monoisotopic (exact) mass is 404 g/mol. The van der Waals surface area contributed by atoms with Crippen LogP contribution >= 0.6 is 11.6 Å². The number of nitrogens with one attached hydrogen (secondary N) is 1. The summed E-state index contributed by atoms with van der Waals surface area (Å²) >= 11 is 6.06. The molecule has 2 N–H and O–H groups in total. The van der Waals surface area contributed by atoms with E-state index in [1.54, 1.807) is 18.3 Å². The number of halogens is 1. The lowest BCUT2D eigenvalue weighted by Gasteiger charge is -2.64. The topological polar surface area (TPSA) is 70.9 Å². The summed E-state index contributed by atoms with van der Waals surface area (Å²) in [5, 5.41) is 14.3. The van der Waals surface area contributed by atoms with Gasteiger partial charge in [-0.3, -0.25) is 4.79 Å². The molecule has 1 aromatic carbocycles. The van der Waals surface area contributed by atoms with Crippen LogP contribution in [0.25, 0.3) is 0 Å². The van der Waals surface area contributed by atoms with Gasteiger partial charge in [-0.2, -0.15) is 5.10 Å². The number of amides is 1. The van der Waals surface area contributed by atoms with Crippen molar-refractivity contribution in [2.75, 3.05) is 6.61 Å². The minimum Gasteiger partial charge on any atom is -0.503 e. The largest absolute Gasteiger partial charge is 0.503 e. The molecule has 4 bridgehead atoms. The molecule has 2 unspecified atom stereocenters. The van der Waals surface area contributed by atoms with E-state index in [0.717, 1.165) is 19.3 Å².